The highest BCUT2D eigenvalue weighted by Crippen LogP contribution is 2.48. The summed E-state index contributed by atoms with van der Waals surface area (Å²) in [4.78, 5) is 2.25. The van der Waals surface area contributed by atoms with Gasteiger partial charge in [-0.2, -0.15) is 0 Å². The Morgan fingerprint density at radius 2 is 1.95 bits per heavy atom. The first-order valence-corrected chi connectivity index (χ1v) is 8.06. The zero-order chi connectivity index (χ0) is 16.5. The Hall–Kier alpha value is -1.26. The fourth-order valence-electron chi connectivity index (χ4n) is 3.47. The first-order valence-electron chi connectivity index (χ1n) is 8.06. The van der Waals surface area contributed by atoms with Crippen molar-refractivity contribution in [3.63, 3.8) is 0 Å². The normalized spacial score (nSPS) is 24.5. The molecule has 2 rings (SSSR count). The number of nitrogens with zero attached hydrogens (tertiary/aromatic N) is 2. The second-order valence-electron chi connectivity index (χ2n) is 7.49. The molecule has 1 heterocycles. The van der Waals surface area contributed by atoms with Gasteiger partial charge in [0.1, 0.15) is 12.0 Å². The van der Waals surface area contributed by atoms with Crippen LogP contribution in [0.3, 0.4) is 0 Å². The van der Waals surface area contributed by atoms with E-state index in [0.29, 0.717) is 6.61 Å². The van der Waals surface area contributed by atoms with Gasteiger partial charge in [-0.1, -0.05) is 6.92 Å². The van der Waals surface area contributed by atoms with Crippen molar-refractivity contribution in [1.82, 2.24) is 0 Å². The second kappa shape index (κ2) is 6.09. The van der Waals surface area contributed by atoms with Gasteiger partial charge in [0.15, 0.2) is 0 Å². The topological polar surface area (TPSA) is 21.7 Å². The fraction of sp³-hybridized carbons (Fsp3) is 0.667. The van der Waals surface area contributed by atoms with Crippen molar-refractivity contribution in [2.75, 3.05) is 53.4 Å². The molecule has 1 aliphatic heterocycles. The van der Waals surface area contributed by atoms with Crippen molar-refractivity contribution >= 4 is 5.69 Å². The smallest absolute Gasteiger partial charge is 0.139 e. The molecule has 4 nitrogen and oxygen atoms in total. The van der Waals surface area contributed by atoms with E-state index in [1.54, 1.807) is 7.11 Å². The molecule has 0 N–H and O–H groups in total. The van der Waals surface area contributed by atoms with Crippen LogP contribution >= 0.6 is 0 Å². The molecule has 0 fully saturated rings. The maximum absolute atomic E-state index is 5.86. The Kier molecular flexibility index (Phi) is 4.73. The number of quaternary nitrogens is 1. The van der Waals surface area contributed by atoms with E-state index in [1.165, 1.54) is 11.3 Å². The van der Waals surface area contributed by atoms with Crippen molar-refractivity contribution in [2.24, 2.45) is 0 Å². The molecule has 0 saturated carbocycles. The predicted octanol–water partition coefficient (Wildman–Crippen LogP) is 2.86. The molecular weight excluding hydrogens is 276 g/mol. The minimum Gasteiger partial charge on any atom is -0.494 e. The summed E-state index contributed by atoms with van der Waals surface area (Å²) in [5, 5.41) is 0. The van der Waals surface area contributed by atoms with Gasteiger partial charge in [-0.25, -0.2) is 0 Å². The highest BCUT2D eigenvalue weighted by Gasteiger charge is 2.47. The number of fused-ring (bicyclic) bond motifs is 1. The van der Waals surface area contributed by atoms with Gasteiger partial charge < -0.3 is 18.9 Å². The van der Waals surface area contributed by atoms with E-state index in [0.717, 1.165) is 23.2 Å². The third-order valence-electron chi connectivity index (χ3n) is 4.70. The van der Waals surface area contributed by atoms with Crippen LogP contribution in [0.5, 0.6) is 5.75 Å². The number of benzene rings is 1. The molecule has 0 radical (unpaired) electrons. The Labute approximate surface area is 135 Å². The number of hydrogen-bond donors (Lipinski definition) is 0. The number of anilines is 1. The van der Waals surface area contributed by atoms with E-state index in [2.05, 4.69) is 58.2 Å². The molecule has 22 heavy (non-hydrogen) atoms. The van der Waals surface area contributed by atoms with Crippen LogP contribution < -0.4 is 9.64 Å². The number of ether oxygens (including phenoxy) is 2. The van der Waals surface area contributed by atoms with Crippen LogP contribution in [0.2, 0.25) is 0 Å². The van der Waals surface area contributed by atoms with E-state index >= 15 is 0 Å². The molecule has 2 atom stereocenters. The van der Waals surface area contributed by atoms with Crippen molar-refractivity contribution in [2.45, 2.75) is 31.9 Å². The number of rotatable bonds is 6. The molecular formula is C18H31N2O2+. The van der Waals surface area contributed by atoms with Crippen LogP contribution in [0.15, 0.2) is 18.2 Å². The van der Waals surface area contributed by atoms with Crippen molar-refractivity contribution in [1.29, 1.82) is 0 Å². The van der Waals surface area contributed by atoms with Gasteiger partial charge in [-0.3, -0.25) is 0 Å². The summed E-state index contributed by atoms with van der Waals surface area (Å²) in [7, 11) is 10.6. The van der Waals surface area contributed by atoms with Gasteiger partial charge in [0.05, 0.1) is 34.3 Å². The van der Waals surface area contributed by atoms with E-state index in [1.807, 2.05) is 6.92 Å². The quantitative estimate of drug-likeness (QED) is 0.754. The van der Waals surface area contributed by atoms with Gasteiger partial charge in [-0.05, 0) is 30.7 Å². The number of hydrogen-bond acceptors (Lipinski definition) is 3. The highest BCUT2D eigenvalue weighted by atomic mass is 16.5. The molecule has 124 valence electrons. The molecule has 0 aliphatic carbocycles. The first-order chi connectivity index (χ1) is 10.2. The lowest BCUT2D eigenvalue weighted by Gasteiger charge is -2.36. The molecule has 1 aromatic carbocycles. The predicted molar refractivity (Wildman–Crippen MR) is 91.7 cm³/mol. The third kappa shape index (κ3) is 3.08. The SMILES string of the molecule is CCOc1ccc2c(c1)C(C)(CC[N+](C)(C)C)C(OC)N2C. The average molecular weight is 307 g/mol. The van der Waals surface area contributed by atoms with Crippen molar-refractivity contribution in [3.8, 4) is 5.75 Å². The van der Waals surface area contributed by atoms with Crippen LogP contribution in [0.25, 0.3) is 0 Å². The van der Waals surface area contributed by atoms with E-state index in [-0.39, 0.29) is 11.6 Å². The molecule has 0 spiro atoms. The third-order valence-corrected chi connectivity index (χ3v) is 4.70. The first kappa shape index (κ1) is 17.1. The van der Waals surface area contributed by atoms with Crippen molar-refractivity contribution < 1.29 is 14.0 Å². The fourth-order valence-corrected chi connectivity index (χ4v) is 3.47. The van der Waals surface area contributed by atoms with Crippen LogP contribution in [0.1, 0.15) is 25.8 Å². The molecule has 0 saturated heterocycles. The number of likely N-dealkylation sites (N-methyl/N-ethyl adjacent to an activating group) is 1. The molecule has 0 amide bonds. The van der Waals surface area contributed by atoms with Crippen molar-refractivity contribution in [3.05, 3.63) is 23.8 Å². The highest BCUT2D eigenvalue weighted by molar-refractivity contribution is 5.65. The molecule has 1 aliphatic rings. The summed E-state index contributed by atoms with van der Waals surface area (Å²) in [6.45, 7) is 6.13. The van der Waals surface area contributed by atoms with Crippen LogP contribution in [0.4, 0.5) is 5.69 Å². The lowest BCUT2D eigenvalue weighted by Crippen LogP contribution is -2.46. The molecule has 4 heteroatoms. The van der Waals surface area contributed by atoms with Gasteiger partial charge in [-0.15, -0.1) is 0 Å². The Bertz CT molecular complexity index is 524. The minimum absolute atomic E-state index is 0.0303. The largest absolute Gasteiger partial charge is 0.494 e. The van der Waals surface area contributed by atoms with E-state index in [4.69, 9.17) is 9.47 Å². The zero-order valence-electron chi connectivity index (χ0n) is 15.1. The Morgan fingerprint density at radius 1 is 1.27 bits per heavy atom. The summed E-state index contributed by atoms with van der Waals surface area (Å²) in [5.74, 6) is 0.947. The lowest BCUT2D eigenvalue weighted by molar-refractivity contribution is -0.871. The summed E-state index contributed by atoms with van der Waals surface area (Å²) in [6.07, 6.45) is 1.13. The van der Waals surface area contributed by atoms with E-state index < -0.39 is 0 Å². The van der Waals surface area contributed by atoms with Crippen LogP contribution in [0, 0.1) is 0 Å². The van der Waals surface area contributed by atoms with Gasteiger partial charge in [0.25, 0.3) is 0 Å². The maximum Gasteiger partial charge on any atom is 0.139 e. The molecule has 1 aromatic rings. The summed E-state index contributed by atoms with van der Waals surface area (Å²) in [5.41, 5.74) is 2.55. The monoisotopic (exact) mass is 307 g/mol. The standard InChI is InChI=1S/C18H31N2O2/c1-8-22-14-9-10-16-15(13-14)18(2,11-12-20(4,5)6)17(21-7)19(16)3/h9-10,13,17H,8,11-12H2,1-7H3/q+1. The second-order valence-corrected chi connectivity index (χ2v) is 7.49. The van der Waals surface area contributed by atoms with Gasteiger partial charge in [0.2, 0.25) is 0 Å². The maximum atomic E-state index is 5.86. The Morgan fingerprint density at radius 3 is 2.50 bits per heavy atom. The summed E-state index contributed by atoms with van der Waals surface area (Å²) >= 11 is 0. The minimum atomic E-state index is -0.0303. The van der Waals surface area contributed by atoms with E-state index in [9.17, 15) is 0 Å². The lowest BCUT2D eigenvalue weighted by atomic mass is 9.79. The van der Waals surface area contributed by atoms with Crippen LogP contribution in [-0.4, -0.2) is 59.2 Å². The van der Waals surface area contributed by atoms with Gasteiger partial charge in [0, 0.05) is 31.7 Å². The zero-order valence-corrected chi connectivity index (χ0v) is 15.1. The molecule has 0 aromatic heterocycles. The molecule has 2 unspecified atom stereocenters. The Balaban J connectivity index is 2.41. The van der Waals surface area contributed by atoms with Gasteiger partial charge >= 0.3 is 0 Å². The summed E-state index contributed by atoms with van der Waals surface area (Å²) < 4.78 is 12.5. The average Bonchev–Trinajstić information content (AvgIpc) is 2.65. The van der Waals surface area contributed by atoms with Crippen LogP contribution in [-0.2, 0) is 10.2 Å². The molecule has 0 bridgehead atoms. The number of methoxy groups -OCH3 is 1. The summed E-state index contributed by atoms with van der Waals surface area (Å²) in [6, 6.07) is 6.41.